The van der Waals surface area contributed by atoms with E-state index < -0.39 is 0 Å². The smallest absolute Gasteiger partial charge is 0.0209 e. The number of rotatable bonds is 7. The Kier molecular flexibility index (Phi) is 6.66. The molecular weight excluding hydrogens is 386 g/mol. The van der Waals surface area contributed by atoms with Crippen LogP contribution in [-0.2, 0) is 6.42 Å². The number of allylic oxidation sites excluding steroid dienone is 4. The minimum absolute atomic E-state index is 0.269. The van der Waals surface area contributed by atoms with Crippen LogP contribution in [-0.4, -0.2) is 6.21 Å². The van der Waals surface area contributed by atoms with Crippen molar-refractivity contribution in [2.24, 2.45) is 0 Å². The summed E-state index contributed by atoms with van der Waals surface area (Å²) in [5.41, 5.74) is 6.36. The number of hydrogen-bond donors (Lipinski definition) is 1. The second-order valence-corrected chi connectivity index (χ2v) is 8.36. The molecule has 0 saturated carbocycles. The highest BCUT2D eigenvalue weighted by molar-refractivity contribution is 6.15. The Hall–Kier alpha value is -3.45. The quantitative estimate of drug-likeness (QED) is 0.176. The zero-order valence-corrected chi connectivity index (χ0v) is 19.2. The second kappa shape index (κ2) is 9.78. The highest BCUT2D eigenvalue weighted by atomic mass is 14.3. The van der Waals surface area contributed by atoms with Gasteiger partial charge in [-0.3, -0.25) is 0 Å². The normalized spacial score (nSPS) is 13.2. The van der Waals surface area contributed by atoms with E-state index in [0.29, 0.717) is 0 Å². The highest BCUT2D eigenvalue weighted by Gasteiger charge is 2.17. The SMILES string of the molecule is C/C=C(\C=N)C/C=C\C(C)c1c2ccccc2c(-c2ccc(CC)cc2)c2ccccc12. The molecule has 0 aliphatic carbocycles. The summed E-state index contributed by atoms with van der Waals surface area (Å²) in [4.78, 5) is 0. The topological polar surface area (TPSA) is 23.9 Å². The molecular formula is C31H31N. The van der Waals surface area contributed by atoms with Crippen molar-refractivity contribution >= 4 is 27.8 Å². The molecule has 0 saturated heterocycles. The monoisotopic (exact) mass is 417 g/mol. The number of hydrogen-bond acceptors (Lipinski definition) is 1. The van der Waals surface area contributed by atoms with Crippen molar-refractivity contribution in [2.45, 2.75) is 39.5 Å². The first-order valence-electron chi connectivity index (χ1n) is 11.5. The first kappa shape index (κ1) is 21.8. The van der Waals surface area contributed by atoms with E-state index in [4.69, 9.17) is 5.41 Å². The summed E-state index contributed by atoms with van der Waals surface area (Å²) in [5.74, 6) is 0.269. The molecule has 0 spiro atoms. The fourth-order valence-electron chi connectivity index (χ4n) is 4.64. The lowest BCUT2D eigenvalue weighted by molar-refractivity contribution is 0.983. The van der Waals surface area contributed by atoms with Crippen LogP contribution in [0.2, 0.25) is 0 Å². The number of fused-ring (bicyclic) bond motifs is 2. The van der Waals surface area contributed by atoms with E-state index in [1.165, 1.54) is 50.0 Å². The second-order valence-electron chi connectivity index (χ2n) is 8.36. The van der Waals surface area contributed by atoms with Gasteiger partial charge in [-0.25, -0.2) is 0 Å². The van der Waals surface area contributed by atoms with Crippen molar-refractivity contribution in [2.75, 3.05) is 0 Å². The third-order valence-electron chi connectivity index (χ3n) is 6.41. The average Bonchev–Trinajstić information content (AvgIpc) is 2.85. The molecule has 0 fully saturated rings. The van der Waals surface area contributed by atoms with Gasteiger partial charge in [0.2, 0.25) is 0 Å². The van der Waals surface area contributed by atoms with Crippen molar-refractivity contribution in [3.05, 3.63) is 108 Å². The molecule has 1 nitrogen and oxygen atoms in total. The van der Waals surface area contributed by atoms with E-state index in [9.17, 15) is 0 Å². The van der Waals surface area contributed by atoms with E-state index in [2.05, 4.69) is 98.8 Å². The lowest BCUT2D eigenvalue weighted by Crippen LogP contribution is -1.97. The number of benzene rings is 4. The molecule has 32 heavy (non-hydrogen) atoms. The van der Waals surface area contributed by atoms with Gasteiger partial charge in [-0.15, -0.1) is 0 Å². The van der Waals surface area contributed by atoms with Crippen LogP contribution < -0.4 is 0 Å². The highest BCUT2D eigenvalue weighted by Crippen LogP contribution is 2.42. The standard InChI is InChI=1S/C31H31N/c1-4-23-17-19-25(20-18-23)31-28-15-8-6-13-26(28)30(27-14-7-9-16-29(27)31)22(3)11-10-12-24(5-2)21-32/h5-11,13-22,32H,4,12H2,1-3H3/b11-10-,24-5-,32-21?. The van der Waals surface area contributed by atoms with E-state index in [1.807, 2.05) is 13.0 Å². The Balaban J connectivity index is 1.93. The Morgan fingerprint density at radius 1 is 0.844 bits per heavy atom. The van der Waals surface area contributed by atoms with Crippen LogP contribution in [0.5, 0.6) is 0 Å². The van der Waals surface area contributed by atoms with Crippen LogP contribution in [0.25, 0.3) is 32.7 Å². The van der Waals surface area contributed by atoms with E-state index in [-0.39, 0.29) is 5.92 Å². The molecule has 0 aliphatic rings. The fourth-order valence-corrected chi connectivity index (χ4v) is 4.64. The van der Waals surface area contributed by atoms with Crippen molar-refractivity contribution in [1.82, 2.24) is 0 Å². The minimum Gasteiger partial charge on any atom is -0.308 e. The lowest BCUT2D eigenvalue weighted by atomic mass is 9.84. The van der Waals surface area contributed by atoms with Crippen LogP contribution in [0.15, 0.2) is 96.6 Å². The Morgan fingerprint density at radius 3 is 1.91 bits per heavy atom. The Labute approximate surface area is 191 Å². The maximum Gasteiger partial charge on any atom is 0.0209 e. The van der Waals surface area contributed by atoms with Gasteiger partial charge in [0.05, 0.1) is 0 Å². The van der Waals surface area contributed by atoms with Crippen molar-refractivity contribution < 1.29 is 0 Å². The third kappa shape index (κ3) is 4.16. The predicted molar refractivity (Wildman–Crippen MR) is 141 cm³/mol. The van der Waals surface area contributed by atoms with Gasteiger partial charge in [-0.2, -0.15) is 0 Å². The summed E-state index contributed by atoms with van der Waals surface area (Å²) < 4.78 is 0. The maximum absolute atomic E-state index is 7.53. The molecule has 4 rings (SSSR count). The van der Waals surface area contributed by atoms with Gasteiger partial charge in [0.25, 0.3) is 0 Å². The third-order valence-corrected chi connectivity index (χ3v) is 6.41. The van der Waals surface area contributed by atoms with E-state index in [0.717, 1.165) is 18.4 Å². The minimum atomic E-state index is 0.269. The molecule has 1 N–H and O–H groups in total. The largest absolute Gasteiger partial charge is 0.308 e. The van der Waals surface area contributed by atoms with Crippen LogP contribution in [0, 0.1) is 5.41 Å². The van der Waals surface area contributed by atoms with Gasteiger partial charge < -0.3 is 5.41 Å². The number of aryl methyl sites for hydroxylation is 1. The Bertz CT molecular complexity index is 1250. The zero-order valence-electron chi connectivity index (χ0n) is 19.2. The summed E-state index contributed by atoms with van der Waals surface area (Å²) in [6.07, 6.45) is 9.78. The first-order chi connectivity index (χ1) is 15.7. The molecule has 4 aromatic rings. The molecule has 0 heterocycles. The summed E-state index contributed by atoms with van der Waals surface area (Å²) in [6, 6.07) is 26.7. The molecule has 1 atom stereocenters. The van der Waals surface area contributed by atoms with Crippen LogP contribution in [0.1, 0.15) is 44.2 Å². The predicted octanol–water partition coefficient (Wildman–Crippen LogP) is 8.87. The zero-order chi connectivity index (χ0) is 22.5. The molecule has 1 heteroatoms. The first-order valence-corrected chi connectivity index (χ1v) is 11.5. The Morgan fingerprint density at radius 2 is 1.41 bits per heavy atom. The van der Waals surface area contributed by atoms with Gasteiger partial charge in [-0.05, 0) is 69.1 Å². The van der Waals surface area contributed by atoms with Crippen LogP contribution in [0.4, 0.5) is 0 Å². The summed E-state index contributed by atoms with van der Waals surface area (Å²) in [6.45, 7) is 6.47. The van der Waals surface area contributed by atoms with Crippen molar-refractivity contribution in [3.8, 4) is 11.1 Å². The van der Waals surface area contributed by atoms with Gasteiger partial charge in [-0.1, -0.05) is 105 Å². The maximum atomic E-state index is 7.53. The molecule has 0 radical (unpaired) electrons. The fraction of sp³-hybridized carbons (Fsp3) is 0.194. The van der Waals surface area contributed by atoms with E-state index in [1.54, 1.807) is 0 Å². The molecule has 4 aromatic carbocycles. The molecule has 0 amide bonds. The van der Waals surface area contributed by atoms with Crippen LogP contribution >= 0.6 is 0 Å². The van der Waals surface area contributed by atoms with E-state index >= 15 is 0 Å². The van der Waals surface area contributed by atoms with Gasteiger partial charge in [0.1, 0.15) is 0 Å². The summed E-state index contributed by atoms with van der Waals surface area (Å²) in [7, 11) is 0. The molecule has 160 valence electrons. The lowest BCUT2D eigenvalue weighted by Gasteiger charge is -2.20. The van der Waals surface area contributed by atoms with Gasteiger partial charge >= 0.3 is 0 Å². The molecule has 0 aliphatic heterocycles. The van der Waals surface area contributed by atoms with Crippen molar-refractivity contribution in [1.29, 1.82) is 5.41 Å². The van der Waals surface area contributed by atoms with Crippen LogP contribution in [0.3, 0.4) is 0 Å². The number of nitrogens with one attached hydrogen (secondary N) is 1. The molecule has 1 unspecified atom stereocenters. The summed E-state index contributed by atoms with van der Waals surface area (Å²) >= 11 is 0. The van der Waals surface area contributed by atoms with Gasteiger partial charge in [0.15, 0.2) is 0 Å². The molecule has 0 aromatic heterocycles. The summed E-state index contributed by atoms with van der Waals surface area (Å²) in [5, 5.41) is 12.8. The van der Waals surface area contributed by atoms with Crippen molar-refractivity contribution in [3.63, 3.8) is 0 Å². The molecule has 0 bridgehead atoms. The van der Waals surface area contributed by atoms with Gasteiger partial charge in [0, 0.05) is 12.1 Å². The average molecular weight is 418 g/mol.